The fraction of sp³-hybridized carbons (Fsp3) is 0.333. The van der Waals surface area contributed by atoms with Crippen LogP contribution in [-0.2, 0) is 4.79 Å². The maximum absolute atomic E-state index is 11.9. The van der Waals surface area contributed by atoms with Crippen LogP contribution in [0.25, 0.3) is 6.08 Å². The first kappa shape index (κ1) is 15.8. The molecular formula is C15H20N2O3. The number of benzene rings is 1. The lowest BCUT2D eigenvalue weighted by atomic mass is 10.2. The quantitative estimate of drug-likeness (QED) is 0.812. The van der Waals surface area contributed by atoms with Gasteiger partial charge in [-0.25, -0.2) is 9.59 Å². The number of hydrogen-bond donors (Lipinski definition) is 2. The molecule has 1 aromatic rings. The number of rotatable bonds is 5. The summed E-state index contributed by atoms with van der Waals surface area (Å²) in [7, 11) is 1.76. The minimum absolute atomic E-state index is 0.159. The highest BCUT2D eigenvalue weighted by Gasteiger charge is 2.13. The summed E-state index contributed by atoms with van der Waals surface area (Å²) >= 11 is 0. The SMILES string of the molecule is CCC(C)N(C)C(=O)Nc1ccc(C=CC(=O)O)cc1. The summed E-state index contributed by atoms with van der Waals surface area (Å²) in [5.74, 6) is -0.988. The Bertz CT molecular complexity index is 494. The number of hydrogen-bond acceptors (Lipinski definition) is 2. The van der Waals surface area contributed by atoms with Gasteiger partial charge in [-0.3, -0.25) is 0 Å². The third kappa shape index (κ3) is 4.76. The van der Waals surface area contributed by atoms with Crippen LogP contribution in [0.1, 0.15) is 25.8 Å². The van der Waals surface area contributed by atoms with E-state index in [1.54, 1.807) is 36.2 Å². The molecule has 0 aliphatic carbocycles. The largest absolute Gasteiger partial charge is 0.478 e. The van der Waals surface area contributed by atoms with Gasteiger partial charge in [-0.05, 0) is 37.1 Å². The Morgan fingerprint density at radius 2 is 1.95 bits per heavy atom. The number of carbonyl (C=O) groups is 2. The summed E-state index contributed by atoms with van der Waals surface area (Å²) in [6, 6.07) is 6.99. The maximum Gasteiger partial charge on any atom is 0.328 e. The van der Waals surface area contributed by atoms with Gasteiger partial charge in [0.25, 0.3) is 0 Å². The molecule has 1 atom stereocenters. The van der Waals surface area contributed by atoms with Crippen molar-refractivity contribution in [3.05, 3.63) is 35.9 Å². The van der Waals surface area contributed by atoms with E-state index in [2.05, 4.69) is 5.32 Å². The first-order valence-electron chi connectivity index (χ1n) is 6.49. The van der Waals surface area contributed by atoms with E-state index in [1.807, 2.05) is 13.8 Å². The van der Waals surface area contributed by atoms with Crippen LogP contribution in [0.5, 0.6) is 0 Å². The Hall–Kier alpha value is -2.30. The molecule has 5 nitrogen and oxygen atoms in total. The summed E-state index contributed by atoms with van der Waals surface area (Å²) in [6.07, 6.45) is 3.46. The van der Waals surface area contributed by atoms with E-state index in [9.17, 15) is 9.59 Å². The van der Waals surface area contributed by atoms with Crippen molar-refractivity contribution in [3.63, 3.8) is 0 Å². The fourth-order valence-corrected chi connectivity index (χ4v) is 1.53. The molecule has 108 valence electrons. The van der Waals surface area contributed by atoms with E-state index in [4.69, 9.17) is 5.11 Å². The Morgan fingerprint density at radius 3 is 2.45 bits per heavy atom. The van der Waals surface area contributed by atoms with Gasteiger partial charge in [0.1, 0.15) is 0 Å². The first-order chi connectivity index (χ1) is 9.43. The van der Waals surface area contributed by atoms with Gasteiger partial charge < -0.3 is 15.3 Å². The summed E-state index contributed by atoms with van der Waals surface area (Å²) in [5.41, 5.74) is 1.44. The normalized spacial score (nSPS) is 12.2. The molecule has 0 heterocycles. The summed E-state index contributed by atoms with van der Waals surface area (Å²) in [4.78, 5) is 24.0. The highest BCUT2D eigenvalue weighted by molar-refractivity contribution is 5.89. The zero-order valence-electron chi connectivity index (χ0n) is 12.0. The first-order valence-corrected chi connectivity index (χ1v) is 6.49. The zero-order chi connectivity index (χ0) is 15.1. The number of carbonyl (C=O) groups excluding carboxylic acids is 1. The number of urea groups is 1. The Morgan fingerprint density at radius 1 is 1.35 bits per heavy atom. The molecule has 0 saturated heterocycles. The maximum atomic E-state index is 11.9. The summed E-state index contributed by atoms with van der Waals surface area (Å²) < 4.78 is 0. The minimum atomic E-state index is -0.988. The van der Waals surface area contributed by atoms with Crippen molar-refractivity contribution in [2.45, 2.75) is 26.3 Å². The van der Waals surface area contributed by atoms with Crippen LogP contribution in [-0.4, -0.2) is 35.1 Å². The van der Waals surface area contributed by atoms with E-state index in [0.29, 0.717) is 5.69 Å². The second kappa shape index (κ2) is 7.33. The molecular weight excluding hydrogens is 256 g/mol. The number of nitrogens with one attached hydrogen (secondary N) is 1. The van der Waals surface area contributed by atoms with Gasteiger partial charge in [0, 0.05) is 24.9 Å². The molecule has 0 aliphatic rings. The number of amides is 2. The van der Waals surface area contributed by atoms with Crippen molar-refractivity contribution < 1.29 is 14.7 Å². The monoisotopic (exact) mass is 276 g/mol. The lowest BCUT2D eigenvalue weighted by Gasteiger charge is -2.24. The molecule has 0 radical (unpaired) electrons. The van der Waals surface area contributed by atoms with Crippen LogP contribution < -0.4 is 5.32 Å². The topological polar surface area (TPSA) is 69.6 Å². The fourth-order valence-electron chi connectivity index (χ4n) is 1.53. The Kier molecular flexibility index (Phi) is 5.77. The molecule has 0 fully saturated rings. The molecule has 0 aromatic heterocycles. The van der Waals surface area contributed by atoms with E-state index < -0.39 is 5.97 Å². The van der Waals surface area contributed by atoms with Crippen molar-refractivity contribution in [2.24, 2.45) is 0 Å². The van der Waals surface area contributed by atoms with Crippen LogP contribution in [0.3, 0.4) is 0 Å². The molecule has 1 rings (SSSR count). The predicted octanol–water partition coefficient (Wildman–Crippen LogP) is 3.05. The van der Waals surface area contributed by atoms with Gasteiger partial charge in [-0.2, -0.15) is 0 Å². The summed E-state index contributed by atoms with van der Waals surface area (Å²) in [5, 5.41) is 11.3. The van der Waals surface area contributed by atoms with Crippen molar-refractivity contribution in [1.82, 2.24) is 4.90 Å². The van der Waals surface area contributed by atoms with E-state index in [1.165, 1.54) is 6.08 Å². The molecule has 0 spiro atoms. The average Bonchev–Trinajstić information content (AvgIpc) is 2.44. The zero-order valence-corrected chi connectivity index (χ0v) is 12.0. The Labute approximate surface area is 118 Å². The summed E-state index contributed by atoms with van der Waals surface area (Å²) in [6.45, 7) is 4.01. The lowest BCUT2D eigenvalue weighted by Crippen LogP contribution is -2.37. The van der Waals surface area contributed by atoms with Crippen molar-refractivity contribution in [1.29, 1.82) is 0 Å². The number of aliphatic carboxylic acids is 1. The van der Waals surface area contributed by atoms with E-state index in [-0.39, 0.29) is 12.1 Å². The van der Waals surface area contributed by atoms with Gasteiger partial charge in [-0.15, -0.1) is 0 Å². The molecule has 1 unspecified atom stereocenters. The number of carboxylic acid groups (broad SMARTS) is 1. The van der Waals surface area contributed by atoms with Crippen molar-refractivity contribution >= 4 is 23.8 Å². The molecule has 1 aromatic carbocycles. The highest BCUT2D eigenvalue weighted by Crippen LogP contribution is 2.12. The van der Waals surface area contributed by atoms with Crippen molar-refractivity contribution in [3.8, 4) is 0 Å². The van der Waals surface area contributed by atoms with Gasteiger partial charge in [0.05, 0.1) is 0 Å². The van der Waals surface area contributed by atoms with Crippen LogP contribution in [0.4, 0.5) is 10.5 Å². The molecule has 0 aliphatic heterocycles. The molecule has 20 heavy (non-hydrogen) atoms. The number of carboxylic acids is 1. The van der Waals surface area contributed by atoms with Gasteiger partial charge >= 0.3 is 12.0 Å². The van der Waals surface area contributed by atoms with Crippen LogP contribution in [0, 0.1) is 0 Å². The molecule has 0 saturated carbocycles. The van der Waals surface area contributed by atoms with Gasteiger partial charge in [0.15, 0.2) is 0 Å². The second-order valence-electron chi connectivity index (χ2n) is 4.59. The third-order valence-corrected chi connectivity index (χ3v) is 3.15. The van der Waals surface area contributed by atoms with E-state index in [0.717, 1.165) is 18.1 Å². The van der Waals surface area contributed by atoms with Gasteiger partial charge in [-0.1, -0.05) is 19.1 Å². The molecule has 0 bridgehead atoms. The average molecular weight is 276 g/mol. The minimum Gasteiger partial charge on any atom is -0.478 e. The van der Waals surface area contributed by atoms with Crippen LogP contribution in [0.15, 0.2) is 30.3 Å². The smallest absolute Gasteiger partial charge is 0.328 e. The Balaban J connectivity index is 2.66. The molecule has 5 heteroatoms. The molecule has 2 N–H and O–H groups in total. The van der Waals surface area contributed by atoms with E-state index >= 15 is 0 Å². The number of anilines is 1. The van der Waals surface area contributed by atoms with Crippen molar-refractivity contribution in [2.75, 3.05) is 12.4 Å². The predicted molar refractivity (Wildman–Crippen MR) is 79.6 cm³/mol. The second-order valence-corrected chi connectivity index (χ2v) is 4.59. The standard InChI is InChI=1S/C15H20N2O3/c1-4-11(2)17(3)15(20)16-13-8-5-12(6-9-13)7-10-14(18)19/h5-11H,4H2,1-3H3,(H,16,20)(H,18,19). The third-order valence-electron chi connectivity index (χ3n) is 3.15. The lowest BCUT2D eigenvalue weighted by molar-refractivity contribution is -0.131. The van der Waals surface area contributed by atoms with Crippen LogP contribution >= 0.6 is 0 Å². The molecule has 2 amide bonds. The van der Waals surface area contributed by atoms with Gasteiger partial charge in [0.2, 0.25) is 0 Å². The highest BCUT2D eigenvalue weighted by atomic mass is 16.4. The van der Waals surface area contributed by atoms with Crippen LogP contribution in [0.2, 0.25) is 0 Å². The number of nitrogens with zero attached hydrogens (tertiary/aromatic N) is 1.